The van der Waals surface area contributed by atoms with E-state index in [1.807, 2.05) is 0 Å². The number of rotatable bonds is 11. The van der Waals surface area contributed by atoms with Crippen molar-refractivity contribution in [3.05, 3.63) is 0 Å². The predicted octanol–water partition coefficient (Wildman–Crippen LogP) is 4.90. The van der Waals surface area contributed by atoms with Crippen LogP contribution in [0.15, 0.2) is 0 Å². The summed E-state index contributed by atoms with van der Waals surface area (Å²) in [5.74, 6) is -0.401. The summed E-state index contributed by atoms with van der Waals surface area (Å²) in [4.78, 5) is 26.0. The van der Waals surface area contributed by atoms with E-state index in [9.17, 15) is 9.59 Å². The van der Waals surface area contributed by atoms with Gasteiger partial charge in [0.2, 0.25) is 0 Å². The zero-order valence-electron chi connectivity index (χ0n) is 16.1. The first-order valence-electron chi connectivity index (χ1n) is 9.83. The zero-order chi connectivity index (χ0) is 18.0. The van der Waals surface area contributed by atoms with Gasteiger partial charge in [-0.15, -0.1) is 0 Å². The van der Waals surface area contributed by atoms with Gasteiger partial charge in [-0.25, -0.2) is 0 Å². The fourth-order valence-corrected chi connectivity index (χ4v) is 3.69. The molecule has 1 fully saturated rings. The summed E-state index contributed by atoms with van der Waals surface area (Å²) in [6, 6.07) is 0. The van der Waals surface area contributed by atoms with Crippen molar-refractivity contribution < 1.29 is 19.1 Å². The molecule has 0 spiro atoms. The summed E-state index contributed by atoms with van der Waals surface area (Å²) in [6.07, 6.45) is 8.11. The SMILES string of the molecule is CCCCOC(=O)C(CC(C)C)(C(=O)OCCCC)C1CCCC1. The molecule has 1 aliphatic rings. The van der Waals surface area contributed by atoms with E-state index < -0.39 is 5.41 Å². The highest BCUT2D eigenvalue weighted by Crippen LogP contribution is 2.46. The minimum absolute atomic E-state index is 0.0585. The van der Waals surface area contributed by atoms with Crippen molar-refractivity contribution in [3.63, 3.8) is 0 Å². The lowest BCUT2D eigenvalue weighted by Gasteiger charge is -2.36. The molecule has 1 rings (SSSR count). The van der Waals surface area contributed by atoms with Gasteiger partial charge in [0.25, 0.3) is 0 Å². The minimum atomic E-state index is -1.11. The Hall–Kier alpha value is -1.06. The van der Waals surface area contributed by atoms with Crippen LogP contribution in [0.1, 0.15) is 85.5 Å². The Morgan fingerprint density at radius 3 is 1.79 bits per heavy atom. The Morgan fingerprint density at radius 2 is 1.42 bits per heavy atom. The highest BCUT2D eigenvalue weighted by Gasteiger charge is 2.55. The van der Waals surface area contributed by atoms with Crippen molar-refractivity contribution in [1.82, 2.24) is 0 Å². The van der Waals surface area contributed by atoms with E-state index in [-0.39, 0.29) is 23.8 Å². The van der Waals surface area contributed by atoms with Gasteiger partial charge in [0.05, 0.1) is 13.2 Å². The molecule has 0 amide bonds. The van der Waals surface area contributed by atoms with Crippen LogP contribution in [0.25, 0.3) is 0 Å². The van der Waals surface area contributed by atoms with E-state index in [0.29, 0.717) is 19.6 Å². The van der Waals surface area contributed by atoms with Crippen LogP contribution in [0.4, 0.5) is 0 Å². The van der Waals surface area contributed by atoms with Crippen LogP contribution >= 0.6 is 0 Å². The first-order chi connectivity index (χ1) is 11.5. The number of esters is 2. The van der Waals surface area contributed by atoms with E-state index in [4.69, 9.17) is 9.47 Å². The summed E-state index contributed by atoms with van der Waals surface area (Å²) >= 11 is 0. The van der Waals surface area contributed by atoms with Crippen molar-refractivity contribution in [2.75, 3.05) is 13.2 Å². The molecule has 140 valence electrons. The maximum Gasteiger partial charge on any atom is 0.323 e. The van der Waals surface area contributed by atoms with Gasteiger partial charge in [0.15, 0.2) is 5.41 Å². The number of ether oxygens (including phenoxy) is 2. The average molecular weight is 341 g/mol. The molecular weight excluding hydrogens is 304 g/mol. The van der Waals surface area contributed by atoms with Crippen LogP contribution in [-0.4, -0.2) is 25.2 Å². The van der Waals surface area contributed by atoms with E-state index in [1.165, 1.54) is 0 Å². The van der Waals surface area contributed by atoms with Crippen LogP contribution in [0.5, 0.6) is 0 Å². The summed E-state index contributed by atoms with van der Waals surface area (Å²) in [7, 11) is 0. The Labute approximate surface area is 147 Å². The van der Waals surface area contributed by atoms with Crippen molar-refractivity contribution in [2.45, 2.75) is 85.5 Å². The van der Waals surface area contributed by atoms with E-state index in [0.717, 1.165) is 51.4 Å². The number of hydrogen-bond acceptors (Lipinski definition) is 4. The van der Waals surface area contributed by atoms with Gasteiger partial charge >= 0.3 is 11.9 Å². The molecule has 0 N–H and O–H groups in total. The molecule has 24 heavy (non-hydrogen) atoms. The molecule has 0 aliphatic heterocycles. The second-order valence-corrected chi connectivity index (χ2v) is 7.53. The maximum absolute atomic E-state index is 13.0. The van der Waals surface area contributed by atoms with Gasteiger partial charge in [-0.1, -0.05) is 53.4 Å². The summed E-state index contributed by atoms with van der Waals surface area (Å²) in [5, 5.41) is 0. The molecule has 0 saturated heterocycles. The summed E-state index contributed by atoms with van der Waals surface area (Å²) in [6.45, 7) is 9.02. The number of unbranched alkanes of at least 4 members (excludes halogenated alkanes) is 2. The summed E-state index contributed by atoms with van der Waals surface area (Å²) < 4.78 is 11.1. The topological polar surface area (TPSA) is 52.6 Å². The van der Waals surface area contributed by atoms with Gasteiger partial charge in [0, 0.05) is 0 Å². The Kier molecular flexibility index (Phi) is 9.38. The maximum atomic E-state index is 13.0. The second-order valence-electron chi connectivity index (χ2n) is 7.53. The predicted molar refractivity (Wildman–Crippen MR) is 95.6 cm³/mol. The van der Waals surface area contributed by atoms with Crippen LogP contribution in [0, 0.1) is 17.3 Å². The van der Waals surface area contributed by atoms with Crippen molar-refractivity contribution in [2.24, 2.45) is 17.3 Å². The van der Waals surface area contributed by atoms with Crippen LogP contribution in [0.2, 0.25) is 0 Å². The van der Waals surface area contributed by atoms with Crippen molar-refractivity contribution >= 4 is 11.9 Å². The monoisotopic (exact) mass is 340 g/mol. The number of carbonyl (C=O) groups is 2. The normalized spacial score (nSPS) is 15.7. The van der Waals surface area contributed by atoms with Gasteiger partial charge in [-0.3, -0.25) is 9.59 Å². The Balaban J connectivity index is 3.02. The van der Waals surface area contributed by atoms with Crippen LogP contribution in [0.3, 0.4) is 0 Å². The molecule has 0 aromatic heterocycles. The molecule has 0 aromatic rings. The Morgan fingerprint density at radius 1 is 0.958 bits per heavy atom. The van der Waals surface area contributed by atoms with Crippen molar-refractivity contribution in [1.29, 1.82) is 0 Å². The third-order valence-corrected chi connectivity index (χ3v) is 4.97. The van der Waals surface area contributed by atoms with Gasteiger partial charge in [0.1, 0.15) is 0 Å². The quantitative estimate of drug-likeness (QED) is 0.305. The first kappa shape index (κ1) is 21.0. The molecule has 0 unspecified atom stereocenters. The van der Waals surface area contributed by atoms with E-state index in [2.05, 4.69) is 27.7 Å². The molecule has 4 heteroatoms. The van der Waals surface area contributed by atoms with E-state index >= 15 is 0 Å². The molecule has 4 nitrogen and oxygen atoms in total. The molecule has 0 aromatic carbocycles. The van der Waals surface area contributed by atoms with Crippen LogP contribution in [-0.2, 0) is 19.1 Å². The summed E-state index contributed by atoms with van der Waals surface area (Å²) in [5.41, 5.74) is -1.11. The van der Waals surface area contributed by atoms with E-state index in [1.54, 1.807) is 0 Å². The number of hydrogen-bond donors (Lipinski definition) is 0. The molecule has 0 heterocycles. The average Bonchev–Trinajstić information content (AvgIpc) is 3.07. The molecule has 1 saturated carbocycles. The highest BCUT2D eigenvalue weighted by molar-refractivity contribution is 6.00. The third kappa shape index (κ3) is 5.49. The zero-order valence-corrected chi connectivity index (χ0v) is 16.1. The van der Waals surface area contributed by atoms with Crippen molar-refractivity contribution in [3.8, 4) is 0 Å². The largest absolute Gasteiger partial charge is 0.465 e. The molecule has 0 bridgehead atoms. The lowest BCUT2D eigenvalue weighted by Crippen LogP contribution is -2.48. The smallest absolute Gasteiger partial charge is 0.323 e. The van der Waals surface area contributed by atoms with Crippen LogP contribution < -0.4 is 0 Å². The third-order valence-electron chi connectivity index (χ3n) is 4.97. The van der Waals surface area contributed by atoms with Gasteiger partial charge in [-0.05, 0) is 43.9 Å². The number of carbonyl (C=O) groups excluding carboxylic acids is 2. The fourth-order valence-electron chi connectivity index (χ4n) is 3.69. The highest BCUT2D eigenvalue weighted by atomic mass is 16.6. The lowest BCUT2D eigenvalue weighted by molar-refractivity contribution is -0.179. The molecule has 0 radical (unpaired) electrons. The molecule has 0 atom stereocenters. The second kappa shape index (κ2) is 10.7. The standard InChI is InChI=1S/C20H36O4/c1-5-7-13-23-18(21)20(15-16(3)4,17-11-9-10-12-17)19(22)24-14-8-6-2/h16-17H,5-15H2,1-4H3. The molecular formula is C20H36O4. The minimum Gasteiger partial charge on any atom is -0.465 e. The fraction of sp³-hybridized carbons (Fsp3) is 0.900. The Bertz CT molecular complexity index is 361. The first-order valence-corrected chi connectivity index (χ1v) is 9.83. The molecule has 1 aliphatic carbocycles. The lowest BCUT2D eigenvalue weighted by atomic mass is 9.69. The van der Waals surface area contributed by atoms with Gasteiger partial charge in [-0.2, -0.15) is 0 Å². The van der Waals surface area contributed by atoms with Gasteiger partial charge < -0.3 is 9.47 Å².